The molecule has 40 heavy (non-hydrogen) atoms. The molecule has 0 aromatic carbocycles. The minimum Gasteiger partial charge on any atom is -0.365 e. The van der Waals surface area contributed by atoms with E-state index in [1.54, 1.807) is 0 Å². The Morgan fingerprint density at radius 1 is 0.500 bits per heavy atom. The Balaban J connectivity index is 4.61. The van der Waals surface area contributed by atoms with Gasteiger partial charge in [-0.1, -0.05) is 129 Å². The molecule has 0 fully saturated rings. The summed E-state index contributed by atoms with van der Waals surface area (Å²) < 4.78 is 12.0. The molecule has 0 aromatic rings. The highest BCUT2D eigenvalue weighted by molar-refractivity contribution is 5.91. The molecule has 0 radical (unpaired) electrons. The SMILES string of the molecule is CCCCCCCCCCCCO[C@@H](C(=O)NCCN)[C@@H](OCCCCCCCCCCCC)C(=O)NCCN. The van der Waals surface area contributed by atoms with Gasteiger partial charge in [-0.05, 0) is 12.8 Å². The Bertz CT molecular complexity index is 517. The van der Waals surface area contributed by atoms with Crippen LogP contribution in [0, 0.1) is 0 Å². The third-order valence-corrected chi connectivity index (χ3v) is 7.27. The van der Waals surface area contributed by atoms with Crippen molar-refractivity contribution in [2.45, 2.75) is 154 Å². The summed E-state index contributed by atoms with van der Waals surface area (Å²) in [6.07, 6.45) is 22.4. The number of amides is 2. The number of rotatable bonds is 31. The summed E-state index contributed by atoms with van der Waals surface area (Å²) in [5.74, 6) is -0.706. The minimum absolute atomic E-state index is 0.320. The molecule has 0 saturated carbocycles. The van der Waals surface area contributed by atoms with Gasteiger partial charge in [-0.15, -0.1) is 0 Å². The molecule has 0 rings (SSSR count). The van der Waals surface area contributed by atoms with Gasteiger partial charge in [0.1, 0.15) is 0 Å². The molecule has 2 amide bonds. The summed E-state index contributed by atoms with van der Waals surface area (Å²) >= 11 is 0. The first-order valence-corrected chi connectivity index (χ1v) is 16.8. The first-order chi connectivity index (χ1) is 19.6. The molecule has 0 aliphatic rings. The Kier molecular flexibility index (Phi) is 29.8. The first kappa shape index (κ1) is 38.8. The zero-order valence-electron chi connectivity index (χ0n) is 26.3. The molecule has 8 nitrogen and oxygen atoms in total. The number of nitrogens with one attached hydrogen (secondary N) is 2. The van der Waals surface area contributed by atoms with Crippen LogP contribution in [-0.2, 0) is 19.1 Å². The Hall–Kier alpha value is -1.22. The number of hydrogen-bond acceptors (Lipinski definition) is 6. The van der Waals surface area contributed by atoms with Crippen molar-refractivity contribution in [1.29, 1.82) is 0 Å². The fraction of sp³-hybridized carbons (Fsp3) is 0.938. The molecule has 0 unspecified atom stereocenters. The van der Waals surface area contributed by atoms with Crippen LogP contribution in [0.3, 0.4) is 0 Å². The molecular weight excluding hydrogens is 504 g/mol. The van der Waals surface area contributed by atoms with Gasteiger partial charge in [0, 0.05) is 39.4 Å². The van der Waals surface area contributed by atoms with Crippen molar-refractivity contribution in [2.75, 3.05) is 39.4 Å². The van der Waals surface area contributed by atoms with Crippen molar-refractivity contribution >= 4 is 11.8 Å². The highest BCUT2D eigenvalue weighted by atomic mass is 16.5. The molecular formula is C32H66N4O4. The van der Waals surface area contributed by atoms with Crippen LogP contribution in [0.2, 0.25) is 0 Å². The lowest BCUT2D eigenvalue weighted by atomic mass is 10.1. The summed E-state index contributed by atoms with van der Waals surface area (Å²) in [6, 6.07) is 0. The van der Waals surface area contributed by atoms with Crippen molar-refractivity contribution in [2.24, 2.45) is 11.5 Å². The predicted molar refractivity (Wildman–Crippen MR) is 167 cm³/mol. The van der Waals surface area contributed by atoms with E-state index in [0.29, 0.717) is 39.4 Å². The van der Waals surface area contributed by atoms with E-state index >= 15 is 0 Å². The molecule has 6 N–H and O–H groups in total. The van der Waals surface area contributed by atoms with Crippen molar-refractivity contribution in [3.63, 3.8) is 0 Å². The van der Waals surface area contributed by atoms with Gasteiger partial charge in [-0.2, -0.15) is 0 Å². The quantitative estimate of drug-likeness (QED) is 0.0786. The molecule has 0 aliphatic carbocycles. The number of carbonyl (C=O) groups excluding carboxylic acids is 2. The fourth-order valence-electron chi connectivity index (χ4n) is 4.79. The molecule has 0 heterocycles. The Morgan fingerprint density at radius 3 is 1.05 bits per heavy atom. The molecule has 8 heteroatoms. The monoisotopic (exact) mass is 571 g/mol. The number of nitrogens with two attached hydrogens (primary N) is 2. The number of unbranched alkanes of at least 4 members (excludes halogenated alkanes) is 18. The van der Waals surface area contributed by atoms with Crippen molar-refractivity contribution in [3.05, 3.63) is 0 Å². The van der Waals surface area contributed by atoms with Gasteiger partial charge in [0.05, 0.1) is 0 Å². The lowest BCUT2D eigenvalue weighted by molar-refractivity contribution is -0.157. The number of ether oxygens (including phenoxy) is 2. The van der Waals surface area contributed by atoms with E-state index < -0.39 is 12.2 Å². The van der Waals surface area contributed by atoms with Gasteiger partial charge in [-0.3, -0.25) is 9.59 Å². The third-order valence-electron chi connectivity index (χ3n) is 7.27. The Morgan fingerprint density at radius 2 is 0.775 bits per heavy atom. The van der Waals surface area contributed by atoms with E-state index in [1.165, 1.54) is 89.9 Å². The number of carbonyl (C=O) groups is 2. The second-order valence-corrected chi connectivity index (χ2v) is 11.1. The van der Waals surface area contributed by atoms with E-state index in [4.69, 9.17) is 20.9 Å². The van der Waals surface area contributed by atoms with Crippen LogP contribution in [0.15, 0.2) is 0 Å². The zero-order chi connectivity index (χ0) is 29.5. The lowest BCUT2D eigenvalue weighted by Crippen LogP contribution is -2.53. The van der Waals surface area contributed by atoms with E-state index in [9.17, 15) is 9.59 Å². The molecule has 0 spiro atoms. The maximum Gasteiger partial charge on any atom is 0.252 e. The third kappa shape index (κ3) is 23.5. The second-order valence-electron chi connectivity index (χ2n) is 11.1. The summed E-state index contributed by atoms with van der Waals surface area (Å²) in [4.78, 5) is 25.9. The maximum atomic E-state index is 13.0. The van der Waals surface area contributed by atoms with E-state index in [2.05, 4.69) is 24.5 Å². The zero-order valence-corrected chi connectivity index (χ0v) is 26.3. The standard InChI is InChI=1S/C32H66N4O4/c1-3-5-7-9-11-13-15-17-19-21-27-39-29(31(37)35-25-23-33)30(32(38)36-26-24-34)40-28-22-20-18-16-14-12-10-8-6-4-2/h29-30H,3-28,33-34H2,1-2H3,(H,35,37)(H,36,38)/t29-,30-/m1/s1. The lowest BCUT2D eigenvalue weighted by Gasteiger charge is -2.26. The van der Waals surface area contributed by atoms with Crippen LogP contribution in [-0.4, -0.2) is 63.4 Å². The smallest absolute Gasteiger partial charge is 0.252 e. The Labute approximate surface area is 246 Å². The average molecular weight is 571 g/mol. The summed E-state index contributed by atoms with van der Waals surface area (Å²) in [7, 11) is 0. The van der Waals surface area contributed by atoms with Gasteiger partial charge >= 0.3 is 0 Å². The summed E-state index contributed by atoms with van der Waals surface area (Å²) in [6.45, 7) is 6.61. The van der Waals surface area contributed by atoms with Crippen LogP contribution in [0.5, 0.6) is 0 Å². The highest BCUT2D eigenvalue weighted by Crippen LogP contribution is 2.14. The molecule has 0 aromatic heterocycles. The van der Waals surface area contributed by atoms with Crippen molar-refractivity contribution in [1.82, 2.24) is 10.6 Å². The second kappa shape index (κ2) is 30.7. The summed E-state index contributed by atoms with van der Waals surface area (Å²) in [5.41, 5.74) is 11.2. The van der Waals surface area contributed by atoms with Gasteiger partial charge in [0.15, 0.2) is 12.2 Å². The van der Waals surface area contributed by atoms with Crippen molar-refractivity contribution < 1.29 is 19.1 Å². The van der Waals surface area contributed by atoms with Gasteiger partial charge in [0.2, 0.25) is 0 Å². The normalized spacial score (nSPS) is 12.8. The van der Waals surface area contributed by atoms with Crippen LogP contribution < -0.4 is 22.1 Å². The summed E-state index contributed by atoms with van der Waals surface area (Å²) in [5, 5.41) is 5.57. The van der Waals surface area contributed by atoms with E-state index in [0.717, 1.165) is 38.5 Å². The van der Waals surface area contributed by atoms with Gasteiger partial charge in [-0.25, -0.2) is 0 Å². The van der Waals surface area contributed by atoms with Crippen LogP contribution in [0.4, 0.5) is 0 Å². The van der Waals surface area contributed by atoms with Crippen LogP contribution >= 0.6 is 0 Å². The number of hydrogen-bond donors (Lipinski definition) is 4. The average Bonchev–Trinajstić information content (AvgIpc) is 2.96. The fourth-order valence-corrected chi connectivity index (χ4v) is 4.79. The predicted octanol–water partition coefficient (Wildman–Crippen LogP) is 5.75. The van der Waals surface area contributed by atoms with E-state index in [-0.39, 0.29) is 11.8 Å². The van der Waals surface area contributed by atoms with Crippen LogP contribution in [0.1, 0.15) is 142 Å². The topological polar surface area (TPSA) is 129 Å². The molecule has 0 aliphatic heterocycles. The maximum absolute atomic E-state index is 13.0. The molecule has 0 bridgehead atoms. The molecule has 238 valence electrons. The minimum atomic E-state index is -1.01. The molecule has 2 atom stereocenters. The van der Waals surface area contributed by atoms with E-state index in [1.807, 2.05) is 0 Å². The first-order valence-electron chi connectivity index (χ1n) is 16.8. The van der Waals surface area contributed by atoms with Gasteiger partial charge in [0.25, 0.3) is 11.8 Å². The van der Waals surface area contributed by atoms with Gasteiger partial charge < -0.3 is 31.6 Å². The van der Waals surface area contributed by atoms with Crippen molar-refractivity contribution in [3.8, 4) is 0 Å². The largest absolute Gasteiger partial charge is 0.365 e. The van der Waals surface area contributed by atoms with Crippen LogP contribution in [0.25, 0.3) is 0 Å². The molecule has 0 saturated heterocycles. The highest BCUT2D eigenvalue weighted by Gasteiger charge is 2.35.